The molecule has 156 valence electrons. The van der Waals surface area contributed by atoms with Crippen LogP contribution in [0.1, 0.15) is 35.2 Å². The third kappa shape index (κ3) is 4.36. The lowest BCUT2D eigenvalue weighted by Crippen LogP contribution is -2.47. The number of rotatable bonds is 6. The maximum absolute atomic E-state index is 13.1. The van der Waals surface area contributed by atoms with E-state index in [1.54, 1.807) is 23.1 Å². The second-order valence-corrected chi connectivity index (χ2v) is 8.04. The highest BCUT2D eigenvalue weighted by Crippen LogP contribution is 2.26. The lowest BCUT2D eigenvalue weighted by molar-refractivity contribution is 0.0911. The number of pyridine rings is 1. The molecule has 7 heteroatoms. The van der Waals surface area contributed by atoms with Gasteiger partial charge in [0.15, 0.2) is 0 Å². The number of nitrogen functional groups attached to an aromatic ring is 1. The Morgan fingerprint density at radius 1 is 1.23 bits per heavy atom. The van der Waals surface area contributed by atoms with Gasteiger partial charge in [0.1, 0.15) is 5.82 Å². The third-order valence-electron chi connectivity index (χ3n) is 5.84. The maximum Gasteiger partial charge on any atom is 0.255 e. The van der Waals surface area contributed by atoms with Crippen molar-refractivity contribution in [2.75, 3.05) is 12.8 Å². The molecule has 0 spiro atoms. The van der Waals surface area contributed by atoms with Crippen LogP contribution >= 0.6 is 0 Å². The quantitative estimate of drug-likeness (QED) is 0.659. The Labute approximate surface area is 176 Å². The van der Waals surface area contributed by atoms with Crippen LogP contribution in [-0.4, -0.2) is 44.7 Å². The molecule has 3 N–H and O–H groups in total. The molecule has 1 saturated carbocycles. The summed E-state index contributed by atoms with van der Waals surface area (Å²) >= 11 is 0. The highest BCUT2D eigenvalue weighted by atomic mass is 16.1. The molecular formula is C23H28N6O. The van der Waals surface area contributed by atoms with E-state index >= 15 is 0 Å². The van der Waals surface area contributed by atoms with Gasteiger partial charge in [-0.15, -0.1) is 0 Å². The number of likely N-dealkylation sites (N-methyl/N-ethyl adjacent to an activating group) is 1. The van der Waals surface area contributed by atoms with E-state index in [1.165, 1.54) is 5.56 Å². The first-order chi connectivity index (χ1) is 14.5. The van der Waals surface area contributed by atoms with Crippen molar-refractivity contribution in [1.29, 1.82) is 0 Å². The molecule has 2 aromatic heterocycles. The van der Waals surface area contributed by atoms with Crippen molar-refractivity contribution in [2.45, 2.75) is 37.9 Å². The van der Waals surface area contributed by atoms with Gasteiger partial charge in [0.05, 0.1) is 11.8 Å². The van der Waals surface area contributed by atoms with Crippen LogP contribution < -0.4 is 11.1 Å². The number of hydrogen-bond acceptors (Lipinski definition) is 5. The molecule has 0 unspecified atom stereocenters. The van der Waals surface area contributed by atoms with Crippen LogP contribution in [0.5, 0.6) is 0 Å². The van der Waals surface area contributed by atoms with E-state index < -0.39 is 0 Å². The summed E-state index contributed by atoms with van der Waals surface area (Å²) in [5.74, 6) is 0.0723. The number of carbonyl (C=O) groups excluding carboxylic acids is 1. The fourth-order valence-corrected chi connectivity index (χ4v) is 4.26. The summed E-state index contributed by atoms with van der Waals surface area (Å²) in [6.07, 6.45) is 8.44. The van der Waals surface area contributed by atoms with E-state index in [4.69, 9.17) is 5.73 Å². The van der Waals surface area contributed by atoms with Crippen LogP contribution in [0.15, 0.2) is 55.0 Å². The predicted octanol–water partition coefficient (Wildman–Crippen LogP) is 2.85. The van der Waals surface area contributed by atoms with Crippen molar-refractivity contribution < 1.29 is 4.79 Å². The number of nitrogens with two attached hydrogens (primary N) is 1. The van der Waals surface area contributed by atoms with Gasteiger partial charge < -0.3 is 11.1 Å². The zero-order valence-corrected chi connectivity index (χ0v) is 17.5. The topological polar surface area (TPSA) is 89.1 Å². The number of hydrogen-bond donors (Lipinski definition) is 2. The maximum atomic E-state index is 13.1. The standard InChI is InChI=1S/C23H28N6O/c1-28(14-16-7-4-3-5-8-16)21-10-6-9-20(21)27-23(30)19-11-17(12-25-22(19)24)18-13-26-29(2)15-18/h3-5,7-8,11-13,15,20-21H,6,9-10,14H2,1-2H3,(H2,24,25)(H,27,30)/t20-,21-/m1/s1. The zero-order valence-electron chi connectivity index (χ0n) is 17.5. The average molecular weight is 405 g/mol. The Hall–Kier alpha value is -3.19. The molecule has 1 fully saturated rings. The summed E-state index contributed by atoms with van der Waals surface area (Å²) in [6.45, 7) is 0.859. The number of benzene rings is 1. The Kier molecular flexibility index (Phi) is 5.81. The largest absolute Gasteiger partial charge is 0.383 e. The summed E-state index contributed by atoms with van der Waals surface area (Å²) in [7, 11) is 3.98. The van der Waals surface area contributed by atoms with E-state index in [2.05, 4.69) is 51.6 Å². The van der Waals surface area contributed by atoms with Gasteiger partial charge in [-0.05, 0) is 37.9 Å². The summed E-state index contributed by atoms with van der Waals surface area (Å²) in [5.41, 5.74) is 9.45. The van der Waals surface area contributed by atoms with Gasteiger partial charge in [-0.3, -0.25) is 14.4 Å². The first-order valence-electron chi connectivity index (χ1n) is 10.3. The molecule has 1 amide bonds. The molecule has 2 heterocycles. The van der Waals surface area contributed by atoms with E-state index in [1.807, 2.05) is 19.3 Å². The monoisotopic (exact) mass is 404 g/mol. The molecule has 30 heavy (non-hydrogen) atoms. The summed E-state index contributed by atoms with van der Waals surface area (Å²) in [4.78, 5) is 19.6. The van der Waals surface area contributed by atoms with Crippen LogP contribution in [0.2, 0.25) is 0 Å². The summed E-state index contributed by atoms with van der Waals surface area (Å²) in [6, 6.07) is 12.6. The molecule has 1 aliphatic carbocycles. The van der Waals surface area contributed by atoms with Gasteiger partial charge in [0.25, 0.3) is 5.91 Å². The fraction of sp³-hybridized carbons (Fsp3) is 0.348. The van der Waals surface area contributed by atoms with Crippen molar-refractivity contribution in [3.63, 3.8) is 0 Å². The second kappa shape index (κ2) is 8.67. The van der Waals surface area contributed by atoms with Crippen LogP contribution in [0.3, 0.4) is 0 Å². The highest BCUT2D eigenvalue weighted by Gasteiger charge is 2.32. The van der Waals surface area contributed by atoms with E-state index in [-0.39, 0.29) is 17.8 Å². The minimum absolute atomic E-state index is 0.0904. The molecule has 0 radical (unpaired) electrons. The Morgan fingerprint density at radius 2 is 2.03 bits per heavy atom. The van der Waals surface area contributed by atoms with Gasteiger partial charge in [-0.2, -0.15) is 5.10 Å². The van der Waals surface area contributed by atoms with Crippen molar-refractivity contribution in [3.05, 3.63) is 66.1 Å². The van der Waals surface area contributed by atoms with Gasteiger partial charge in [0.2, 0.25) is 0 Å². The van der Waals surface area contributed by atoms with E-state index in [0.717, 1.165) is 36.9 Å². The van der Waals surface area contributed by atoms with Crippen LogP contribution in [0, 0.1) is 0 Å². The molecular weight excluding hydrogens is 376 g/mol. The number of aryl methyl sites for hydroxylation is 1. The molecule has 0 saturated heterocycles. The fourth-order valence-electron chi connectivity index (χ4n) is 4.26. The number of carbonyl (C=O) groups is 1. The van der Waals surface area contributed by atoms with Gasteiger partial charge >= 0.3 is 0 Å². The SMILES string of the molecule is CN(Cc1ccccc1)[C@@H]1CCC[C@H]1NC(=O)c1cc(-c2cnn(C)c2)cnc1N. The van der Waals surface area contributed by atoms with Gasteiger partial charge in [-0.25, -0.2) is 4.98 Å². The third-order valence-corrected chi connectivity index (χ3v) is 5.84. The zero-order chi connectivity index (χ0) is 21.1. The molecule has 4 rings (SSSR count). The van der Waals surface area contributed by atoms with Crippen molar-refractivity contribution in [1.82, 2.24) is 25.0 Å². The molecule has 2 atom stereocenters. The smallest absolute Gasteiger partial charge is 0.255 e. The second-order valence-electron chi connectivity index (χ2n) is 8.04. The van der Waals surface area contributed by atoms with Crippen molar-refractivity contribution in [3.8, 4) is 11.1 Å². The Balaban J connectivity index is 1.47. The highest BCUT2D eigenvalue weighted by molar-refractivity contribution is 5.99. The molecule has 7 nitrogen and oxygen atoms in total. The van der Waals surface area contributed by atoms with Crippen molar-refractivity contribution in [2.24, 2.45) is 7.05 Å². The number of amides is 1. The lowest BCUT2D eigenvalue weighted by atomic mass is 10.1. The minimum atomic E-state index is -0.171. The van der Waals surface area contributed by atoms with Crippen molar-refractivity contribution >= 4 is 11.7 Å². The van der Waals surface area contributed by atoms with Gasteiger partial charge in [-0.1, -0.05) is 30.3 Å². The summed E-state index contributed by atoms with van der Waals surface area (Å²) < 4.78 is 1.72. The number of nitrogens with zero attached hydrogens (tertiary/aromatic N) is 4. The summed E-state index contributed by atoms with van der Waals surface area (Å²) in [5, 5.41) is 7.40. The molecule has 0 aliphatic heterocycles. The molecule has 1 aliphatic rings. The minimum Gasteiger partial charge on any atom is -0.383 e. The molecule has 0 bridgehead atoms. The number of nitrogens with one attached hydrogen (secondary N) is 1. The Morgan fingerprint density at radius 3 is 2.77 bits per heavy atom. The molecule has 1 aromatic carbocycles. The Bertz CT molecular complexity index is 1020. The van der Waals surface area contributed by atoms with Crippen LogP contribution in [0.4, 0.5) is 5.82 Å². The average Bonchev–Trinajstić information content (AvgIpc) is 3.38. The van der Waals surface area contributed by atoms with E-state index in [9.17, 15) is 4.79 Å². The molecule has 3 aromatic rings. The van der Waals surface area contributed by atoms with E-state index in [0.29, 0.717) is 11.6 Å². The first-order valence-corrected chi connectivity index (χ1v) is 10.3. The lowest BCUT2D eigenvalue weighted by Gasteiger charge is -2.30. The van der Waals surface area contributed by atoms with Gasteiger partial charge in [0, 0.05) is 49.2 Å². The normalized spacial score (nSPS) is 18.6. The first kappa shape index (κ1) is 20.1. The van der Waals surface area contributed by atoms with Crippen LogP contribution in [-0.2, 0) is 13.6 Å². The van der Waals surface area contributed by atoms with Crippen LogP contribution in [0.25, 0.3) is 11.1 Å². The predicted molar refractivity (Wildman–Crippen MR) is 118 cm³/mol. The number of aromatic nitrogens is 3. The number of anilines is 1.